The van der Waals surface area contributed by atoms with Crippen LogP contribution in [0.4, 0.5) is 0 Å². The molecular formula is C6H11N3. The molecule has 0 saturated heterocycles. The third-order valence-electron chi connectivity index (χ3n) is 0.550. The van der Waals surface area contributed by atoms with Gasteiger partial charge in [-0.15, -0.1) is 0 Å². The molecular weight excluding hydrogens is 114 g/mol. The van der Waals surface area contributed by atoms with Crippen LogP contribution in [-0.2, 0) is 0 Å². The molecule has 0 aliphatic heterocycles. The van der Waals surface area contributed by atoms with Gasteiger partial charge in [-0.05, 0) is 6.92 Å². The predicted molar refractivity (Wildman–Crippen MR) is 38.8 cm³/mol. The molecule has 0 atom stereocenters. The summed E-state index contributed by atoms with van der Waals surface area (Å²) in [5, 5.41) is 8.21. The Morgan fingerprint density at radius 3 is 2.67 bits per heavy atom. The van der Waals surface area contributed by atoms with Crippen LogP contribution in [-0.4, -0.2) is 25.4 Å². The summed E-state index contributed by atoms with van der Waals surface area (Å²) in [5.41, 5.74) is 0. The molecule has 50 valence electrons. The highest BCUT2D eigenvalue weighted by Crippen LogP contribution is 1.67. The van der Waals surface area contributed by atoms with Crippen molar-refractivity contribution in [2.45, 2.75) is 6.92 Å². The molecule has 0 heterocycles. The third kappa shape index (κ3) is 6.83. The van der Waals surface area contributed by atoms with Crippen molar-refractivity contribution in [3.8, 4) is 12.0 Å². The highest BCUT2D eigenvalue weighted by atomic mass is 15.4. The second-order valence-corrected chi connectivity index (χ2v) is 1.61. The molecule has 0 aromatic heterocycles. The van der Waals surface area contributed by atoms with Gasteiger partial charge in [0.25, 0.3) is 0 Å². The van der Waals surface area contributed by atoms with Gasteiger partial charge in [-0.1, -0.05) is 5.92 Å². The maximum absolute atomic E-state index is 3.86. The molecule has 0 spiro atoms. The average Bonchev–Trinajstić information content (AvgIpc) is 1.80. The minimum absolute atomic E-state index is 1.54. The maximum atomic E-state index is 3.86. The topological polar surface area (TPSA) is 27.6 Å². The van der Waals surface area contributed by atoms with E-state index in [-0.39, 0.29) is 0 Å². The molecule has 1 N–H and O–H groups in total. The molecule has 0 aliphatic rings. The monoisotopic (exact) mass is 125 g/mol. The first kappa shape index (κ1) is 7.83. The van der Waals surface area contributed by atoms with Crippen LogP contribution in [0.3, 0.4) is 0 Å². The first-order chi connectivity index (χ1) is 4.27. The molecule has 0 saturated carbocycles. The van der Waals surface area contributed by atoms with Crippen LogP contribution in [0.15, 0.2) is 5.10 Å². The van der Waals surface area contributed by atoms with Gasteiger partial charge in [0.15, 0.2) is 0 Å². The molecule has 0 rings (SSSR count). The van der Waals surface area contributed by atoms with E-state index in [4.69, 9.17) is 0 Å². The Morgan fingerprint density at radius 1 is 1.56 bits per heavy atom. The van der Waals surface area contributed by atoms with E-state index in [2.05, 4.69) is 22.4 Å². The van der Waals surface area contributed by atoms with Gasteiger partial charge in [-0.25, -0.2) is 0 Å². The number of hydrazone groups is 1. The fraction of sp³-hybridized carbons (Fsp3) is 0.500. The van der Waals surface area contributed by atoms with Crippen molar-refractivity contribution in [1.82, 2.24) is 10.3 Å². The first-order valence-corrected chi connectivity index (χ1v) is 2.64. The zero-order valence-electron chi connectivity index (χ0n) is 5.97. The number of rotatable bonds is 2. The van der Waals surface area contributed by atoms with Crippen LogP contribution in [0.2, 0.25) is 0 Å². The van der Waals surface area contributed by atoms with Gasteiger partial charge < -0.3 is 10.3 Å². The standard InChI is InChI=1S/C6H11N3/c1-4-5-7-6-8-9(2)3/h6H,1-3H3,(H,7,8). The Balaban J connectivity index is 3.32. The summed E-state index contributed by atoms with van der Waals surface area (Å²) in [7, 11) is 3.69. The van der Waals surface area contributed by atoms with E-state index < -0.39 is 0 Å². The Kier molecular flexibility index (Phi) is 4.33. The van der Waals surface area contributed by atoms with Gasteiger partial charge in [-0.3, -0.25) is 0 Å². The van der Waals surface area contributed by atoms with Crippen molar-refractivity contribution in [3.05, 3.63) is 0 Å². The van der Waals surface area contributed by atoms with Crippen molar-refractivity contribution in [2.24, 2.45) is 5.10 Å². The predicted octanol–water partition coefficient (Wildman–Crippen LogP) is 0.0617. The summed E-state index contributed by atoms with van der Waals surface area (Å²) in [6.07, 6.45) is 1.54. The summed E-state index contributed by atoms with van der Waals surface area (Å²) in [4.78, 5) is 0. The molecule has 0 amide bonds. The van der Waals surface area contributed by atoms with Crippen LogP contribution in [0.5, 0.6) is 0 Å². The van der Waals surface area contributed by atoms with Crippen molar-refractivity contribution in [3.63, 3.8) is 0 Å². The van der Waals surface area contributed by atoms with Crippen LogP contribution in [0, 0.1) is 12.0 Å². The lowest BCUT2D eigenvalue weighted by atomic mass is 10.8. The van der Waals surface area contributed by atoms with Crippen molar-refractivity contribution < 1.29 is 0 Å². The number of nitrogens with zero attached hydrogens (tertiary/aromatic N) is 2. The van der Waals surface area contributed by atoms with Gasteiger partial charge in [0.1, 0.15) is 6.34 Å². The molecule has 3 heteroatoms. The average molecular weight is 125 g/mol. The van der Waals surface area contributed by atoms with Crippen molar-refractivity contribution >= 4 is 6.34 Å². The highest BCUT2D eigenvalue weighted by Gasteiger charge is 1.70. The van der Waals surface area contributed by atoms with Crippen LogP contribution < -0.4 is 5.32 Å². The Hall–Kier alpha value is -1.17. The number of hydrogen-bond donors (Lipinski definition) is 1. The second kappa shape index (κ2) is 4.98. The van der Waals surface area contributed by atoms with Gasteiger partial charge >= 0.3 is 0 Å². The third-order valence-corrected chi connectivity index (χ3v) is 0.550. The molecule has 3 nitrogen and oxygen atoms in total. The molecule has 0 aromatic rings. The minimum atomic E-state index is 1.54. The Bertz CT molecular complexity index is 138. The fourth-order valence-corrected chi connectivity index (χ4v) is 0.249. The zero-order chi connectivity index (χ0) is 7.11. The van der Waals surface area contributed by atoms with Gasteiger partial charge in [0.2, 0.25) is 0 Å². The van der Waals surface area contributed by atoms with E-state index in [1.807, 2.05) is 14.1 Å². The molecule has 0 bridgehead atoms. The smallest absolute Gasteiger partial charge is 0.120 e. The van der Waals surface area contributed by atoms with Crippen molar-refractivity contribution in [2.75, 3.05) is 14.1 Å². The summed E-state index contributed by atoms with van der Waals surface area (Å²) in [5.74, 6) is 2.67. The molecule has 0 aliphatic carbocycles. The quantitative estimate of drug-likeness (QED) is 0.186. The molecule has 9 heavy (non-hydrogen) atoms. The molecule has 0 unspecified atom stereocenters. The molecule has 0 radical (unpaired) electrons. The fourth-order valence-electron chi connectivity index (χ4n) is 0.249. The van der Waals surface area contributed by atoms with Crippen LogP contribution in [0.25, 0.3) is 0 Å². The summed E-state index contributed by atoms with van der Waals surface area (Å²) < 4.78 is 0. The second-order valence-electron chi connectivity index (χ2n) is 1.61. The first-order valence-electron chi connectivity index (χ1n) is 2.64. The number of nitrogens with one attached hydrogen (secondary N) is 1. The molecule has 0 fully saturated rings. The van der Waals surface area contributed by atoms with Crippen LogP contribution in [0.1, 0.15) is 6.92 Å². The lowest BCUT2D eigenvalue weighted by molar-refractivity contribution is 0.439. The minimum Gasteiger partial charge on any atom is -0.304 e. The summed E-state index contributed by atoms with van der Waals surface area (Å²) in [6, 6.07) is 2.63. The largest absolute Gasteiger partial charge is 0.304 e. The molecule has 0 aromatic carbocycles. The normalized spacial score (nSPS) is 8.33. The Labute approximate surface area is 55.7 Å². The van der Waals surface area contributed by atoms with Gasteiger partial charge in [0, 0.05) is 20.1 Å². The highest BCUT2D eigenvalue weighted by molar-refractivity contribution is 5.56. The van der Waals surface area contributed by atoms with E-state index in [0.717, 1.165) is 0 Å². The van der Waals surface area contributed by atoms with Crippen molar-refractivity contribution in [1.29, 1.82) is 0 Å². The lowest BCUT2D eigenvalue weighted by Gasteiger charge is -1.99. The van der Waals surface area contributed by atoms with E-state index in [1.54, 1.807) is 11.9 Å². The zero-order valence-corrected chi connectivity index (χ0v) is 5.97. The SMILES string of the molecule is CC#CN/C=N\N(C)C. The van der Waals surface area contributed by atoms with E-state index >= 15 is 0 Å². The van der Waals surface area contributed by atoms with E-state index in [0.29, 0.717) is 0 Å². The maximum Gasteiger partial charge on any atom is 0.120 e. The van der Waals surface area contributed by atoms with E-state index in [1.165, 1.54) is 6.34 Å². The van der Waals surface area contributed by atoms with Gasteiger partial charge in [0.05, 0.1) is 0 Å². The Morgan fingerprint density at radius 2 is 2.22 bits per heavy atom. The number of hydrogen-bond acceptors (Lipinski definition) is 2. The van der Waals surface area contributed by atoms with E-state index in [9.17, 15) is 0 Å². The van der Waals surface area contributed by atoms with Crippen LogP contribution >= 0.6 is 0 Å². The van der Waals surface area contributed by atoms with Gasteiger partial charge in [-0.2, -0.15) is 5.10 Å². The lowest BCUT2D eigenvalue weighted by Crippen LogP contribution is -2.08. The summed E-state index contributed by atoms with van der Waals surface area (Å²) in [6.45, 7) is 1.76. The summed E-state index contributed by atoms with van der Waals surface area (Å²) >= 11 is 0.